The normalized spacial score (nSPS) is 10.6. The van der Waals surface area contributed by atoms with Gasteiger partial charge in [-0.15, -0.1) is 0 Å². The molecule has 1 aromatic carbocycles. The summed E-state index contributed by atoms with van der Waals surface area (Å²) in [5, 5.41) is 6.47. The Hall–Kier alpha value is -1.47. The average molecular weight is 431 g/mol. The van der Waals surface area contributed by atoms with E-state index in [9.17, 15) is 4.79 Å². The standard InChI is InChI=1S/C15H10BrCl2N3OS/c16-10-3-5-13(19-8-10)20-15(23)21-14(22)6-2-9-1-4-11(17)7-12(9)18/h1-8H,(H2,19,20,21,22,23). The van der Waals surface area contributed by atoms with Crippen molar-refractivity contribution in [3.63, 3.8) is 0 Å². The minimum absolute atomic E-state index is 0.150. The summed E-state index contributed by atoms with van der Waals surface area (Å²) < 4.78 is 0.848. The molecular weight excluding hydrogens is 421 g/mol. The molecule has 1 amide bonds. The third-order valence-electron chi connectivity index (χ3n) is 2.58. The Morgan fingerprint density at radius 3 is 2.70 bits per heavy atom. The quantitative estimate of drug-likeness (QED) is 0.548. The van der Waals surface area contributed by atoms with Gasteiger partial charge in [-0.3, -0.25) is 10.1 Å². The van der Waals surface area contributed by atoms with Gasteiger partial charge < -0.3 is 5.32 Å². The van der Waals surface area contributed by atoms with Crippen molar-refractivity contribution in [2.24, 2.45) is 0 Å². The molecule has 0 atom stereocenters. The zero-order valence-corrected chi connectivity index (χ0v) is 15.4. The van der Waals surface area contributed by atoms with E-state index >= 15 is 0 Å². The molecule has 2 N–H and O–H groups in total. The molecule has 0 unspecified atom stereocenters. The van der Waals surface area contributed by atoms with Gasteiger partial charge in [0.15, 0.2) is 5.11 Å². The Balaban J connectivity index is 1.92. The molecule has 0 fully saturated rings. The lowest BCUT2D eigenvalue weighted by molar-refractivity contribution is -0.115. The Morgan fingerprint density at radius 1 is 1.26 bits per heavy atom. The predicted molar refractivity (Wildman–Crippen MR) is 102 cm³/mol. The molecule has 0 aliphatic heterocycles. The Bertz CT molecular complexity index is 766. The van der Waals surface area contributed by atoms with Crippen molar-refractivity contribution in [3.05, 3.63) is 62.7 Å². The van der Waals surface area contributed by atoms with E-state index in [0.717, 1.165) is 4.47 Å². The van der Waals surface area contributed by atoms with Crippen LogP contribution in [0.15, 0.2) is 47.1 Å². The zero-order chi connectivity index (χ0) is 16.8. The van der Waals surface area contributed by atoms with Crippen LogP contribution in [-0.4, -0.2) is 16.0 Å². The van der Waals surface area contributed by atoms with Crippen molar-refractivity contribution in [1.29, 1.82) is 0 Å². The van der Waals surface area contributed by atoms with Gasteiger partial charge in [-0.25, -0.2) is 4.98 Å². The van der Waals surface area contributed by atoms with E-state index in [2.05, 4.69) is 31.5 Å². The van der Waals surface area contributed by atoms with Crippen LogP contribution in [0, 0.1) is 0 Å². The van der Waals surface area contributed by atoms with Gasteiger partial charge in [0.25, 0.3) is 0 Å². The summed E-state index contributed by atoms with van der Waals surface area (Å²) in [6.07, 6.45) is 4.53. The number of aromatic nitrogens is 1. The van der Waals surface area contributed by atoms with Crippen LogP contribution in [0.2, 0.25) is 10.0 Å². The minimum atomic E-state index is -0.384. The second kappa shape index (κ2) is 8.40. The molecule has 1 aromatic heterocycles. The summed E-state index contributed by atoms with van der Waals surface area (Å²) in [5.74, 6) is 0.147. The van der Waals surface area contributed by atoms with E-state index in [0.29, 0.717) is 21.4 Å². The van der Waals surface area contributed by atoms with Gasteiger partial charge in [-0.2, -0.15) is 0 Å². The fourth-order valence-electron chi connectivity index (χ4n) is 1.55. The first-order valence-corrected chi connectivity index (χ1v) is 8.26. The van der Waals surface area contributed by atoms with Crippen LogP contribution in [0.25, 0.3) is 6.08 Å². The molecular formula is C15H10BrCl2N3OS. The van der Waals surface area contributed by atoms with Crippen LogP contribution >= 0.6 is 51.3 Å². The van der Waals surface area contributed by atoms with E-state index in [1.807, 2.05) is 6.07 Å². The topological polar surface area (TPSA) is 54.0 Å². The number of hydrogen-bond acceptors (Lipinski definition) is 3. The molecule has 8 heteroatoms. The molecule has 4 nitrogen and oxygen atoms in total. The van der Waals surface area contributed by atoms with Gasteiger partial charge in [0.1, 0.15) is 5.82 Å². The van der Waals surface area contributed by atoms with E-state index < -0.39 is 0 Å². The maximum absolute atomic E-state index is 11.8. The van der Waals surface area contributed by atoms with Gasteiger partial charge in [-0.1, -0.05) is 29.3 Å². The van der Waals surface area contributed by atoms with Gasteiger partial charge in [0.2, 0.25) is 5.91 Å². The van der Waals surface area contributed by atoms with Crippen molar-refractivity contribution in [3.8, 4) is 0 Å². The van der Waals surface area contributed by atoms with Crippen LogP contribution in [0.5, 0.6) is 0 Å². The summed E-state index contributed by atoms with van der Waals surface area (Å²) in [7, 11) is 0. The number of nitrogens with zero attached hydrogens (tertiary/aromatic N) is 1. The molecule has 0 bridgehead atoms. The first-order chi connectivity index (χ1) is 10.9. The smallest absolute Gasteiger partial charge is 0.250 e. The summed E-state index contributed by atoms with van der Waals surface area (Å²) in [6.45, 7) is 0. The number of anilines is 1. The highest BCUT2D eigenvalue weighted by atomic mass is 79.9. The first kappa shape index (κ1) is 17.9. The number of carbonyl (C=O) groups excluding carboxylic acids is 1. The van der Waals surface area contributed by atoms with Crippen molar-refractivity contribution in [2.45, 2.75) is 0 Å². The fourth-order valence-corrected chi connectivity index (χ4v) is 2.46. The van der Waals surface area contributed by atoms with Gasteiger partial charge in [0, 0.05) is 26.8 Å². The van der Waals surface area contributed by atoms with Crippen molar-refractivity contribution < 1.29 is 4.79 Å². The third kappa shape index (κ3) is 5.91. The van der Waals surface area contributed by atoms with E-state index in [-0.39, 0.29) is 11.0 Å². The van der Waals surface area contributed by atoms with Gasteiger partial charge in [0.05, 0.1) is 0 Å². The fraction of sp³-hybridized carbons (Fsp3) is 0. The monoisotopic (exact) mass is 429 g/mol. The number of halogens is 3. The molecule has 0 aliphatic carbocycles. The van der Waals surface area contributed by atoms with Crippen LogP contribution in [0.3, 0.4) is 0 Å². The van der Waals surface area contributed by atoms with Crippen molar-refractivity contribution in [1.82, 2.24) is 10.3 Å². The molecule has 2 aromatic rings. The summed E-state index contributed by atoms with van der Waals surface area (Å²) in [6, 6.07) is 8.55. The first-order valence-electron chi connectivity index (χ1n) is 6.31. The second-order valence-electron chi connectivity index (χ2n) is 4.30. The largest absolute Gasteiger partial charge is 0.317 e. The molecule has 0 aliphatic rings. The lowest BCUT2D eigenvalue weighted by Crippen LogP contribution is -2.33. The summed E-state index contributed by atoms with van der Waals surface area (Å²) in [5.41, 5.74) is 0.680. The lowest BCUT2D eigenvalue weighted by atomic mass is 10.2. The molecule has 0 saturated carbocycles. The number of amides is 1. The summed E-state index contributed by atoms with van der Waals surface area (Å²) in [4.78, 5) is 15.9. The molecule has 1 heterocycles. The molecule has 2 rings (SSSR count). The number of rotatable bonds is 3. The Kier molecular flexibility index (Phi) is 6.53. The van der Waals surface area contributed by atoms with Gasteiger partial charge >= 0.3 is 0 Å². The predicted octanol–water partition coefficient (Wildman–Crippen LogP) is 4.68. The average Bonchev–Trinajstić information content (AvgIpc) is 2.48. The molecule has 0 spiro atoms. The summed E-state index contributed by atoms with van der Waals surface area (Å²) >= 11 is 20.2. The molecule has 23 heavy (non-hydrogen) atoms. The van der Waals surface area contributed by atoms with Crippen LogP contribution in [-0.2, 0) is 4.79 Å². The van der Waals surface area contributed by atoms with E-state index in [1.165, 1.54) is 6.08 Å². The number of benzene rings is 1. The number of carbonyl (C=O) groups is 1. The van der Waals surface area contributed by atoms with Crippen molar-refractivity contribution in [2.75, 3.05) is 5.32 Å². The highest BCUT2D eigenvalue weighted by Crippen LogP contribution is 2.21. The number of pyridine rings is 1. The lowest BCUT2D eigenvalue weighted by Gasteiger charge is -2.07. The molecule has 0 radical (unpaired) electrons. The Morgan fingerprint density at radius 2 is 2.04 bits per heavy atom. The number of nitrogens with one attached hydrogen (secondary N) is 2. The van der Waals surface area contributed by atoms with Gasteiger partial charge in [-0.05, 0) is 64.1 Å². The Labute approximate surface area is 157 Å². The SMILES string of the molecule is O=C(C=Cc1ccc(Cl)cc1Cl)NC(=S)Nc1ccc(Br)cn1. The second-order valence-corrected chi connectivity index (χ2v) is 6.47. The van der Waals surface area contributed by atoms with Crippen molar-refractivity contribution >= 4 is 74.3 Å². The number of hydrogen-bond donors (Lipinski definition) is 2. The maximum Gasteiger partial charge on any atom is 0.250 e. The highest BCUT2D eigenvalue weighted by Gasteiger charge is 2.03. The van der Waals surface area contributed by atoms with Crippen LogP contribution in [0.1, 0.15) is 5.56 Å². The maximum atomic E-state index is 11.8. The molecule has 0 saturated heterocycles. The minimum Gasteiger partial charge on any atom is -0.317 e. The number of thiocarbonyl (C=S) groups is 1. The van der Waals surface area contributed by atoms with E-state index in [1.54, 1.807) is 36.5 Å². The van der Waals surface area contributed by atoms with Crippen LogP contribution < -0.4 is 10.6 Å². The molecule has 118 valence electrons. The van der Waals surface area contributed by atoms with Crippen LogP contribution in [0.4, 0.5) is 5.82 Å². The zero-order valence-electron chi connectivity index (χ0n) is 11.5. The van der Waals surface area contributed by atoms with E-state index in [4.69, 9.17) is 35.4 Å². The third-order valence-corrected chi connectivity index (χ3v) is 3.82. The highest BCUT2D eigenvalue weighted by molar-refractivity contribution is 9.10.